The summed E-state index contributed by atoms with van der Waals surface area (Å²) < 4.78 is 0.640. The molecule has 0 atom stereocenters. The number of anilines is 1. The van der Waals surface area contributed by atoms with Crippen molar-refractivity contribution >= 4 is 27.3 Å². The zero-order valence-electron chi connectivity index (χ0n) is 10.8. The van der Waals surface area contributed by atoms with E-state index >= 15 is 0 Å². The molecule has 0 aliphatic carbocycles. The third kappa shape index (κ3) is 3.20. The minimum Gasteiger partial charge on any atom is -0.388 e. The molecule has 0 aliphatic heterocycles. The number of aliphatic hydroxyl groups is 1. The number of nitrogens with zero attached hydrogens (tertiary/aromatic N) is 1. The van der Waals surface area contributed by atoms with Gasteiger partial charge >= 0.3 is 0 Å². The highest BCUT2D eigenvalue weighted by Gasteiger charge is 2.36. The van der Waals surface area contributed by atoms with Crippen LogP contribution in [0.2, 0.25) is 0 Å². The number of rotatable bonds is 4. The summed E-state index contributed by atoms with van der Waals surface area (Å²) in [6.45, 7) is 6.90. The van der Waals surface area contributed by atoms with E-state index in [-0.39, 0.29) is 5.69 Å². The maximum atomic E-state index is 11.0. The van der Waals surface area contributed by atoms with Gasteiger partial charge in [0.2, 0.25) is 0 Å². The molecular formula is C12H17BrN2O3. The van der Waals surface area contributed by atoms with E-state index < -0.39 is 16.1 Å². The first-order chi connectivity index (χ1) is 8.04. The quantitative estimate of drug-likeness (QED) is 0.660. The number of hydrogen-bond acceptors (Lipinski definition) is 4. The van der Waals surface area contributed by atoms with Crippen LogP contribution in [0.15, 0.2) is 22.7 Å². The lowest BCUT2D eigenvalue weighted by molar-refractivity contribution is -0.384. The lowest BCUT2D eigenvalue weighted by Crippen LogP contribution is -2.51. The van der Waals surface area contributed by atoms with Crippen molar-refractivity contribution < 1.29 is 10.0 Å². The van der Waals surface area contributed by atoms with E-state index in [4.69, 9.17) is 0 Å². The molecule has 0 fully saturated rings. The van der Waals surface area contributed by atoms with Crippen molar-refractivity contribution in [2.24, 2.45) is 0 Å². The molecular weight excluding hydrogens is 300 g/mol. The van der Waals surface area contributed by atoms with Gasteiger partial charge in [-0.2, -0.15) is 0 Å². The average molecular weight is 317 g/mol. The maximum Gasteiger partial charge on any atom is 0.293 e. The van der Waals surface area contributed by atoms with Gasteiger partial charge in [-0.1, -0.05) is 15.9 Å². The standard InChI is InChI=1S/C12H17BrN2O3/c1-11(2,12(3,4)16)14-9-6-5-8(13)7-10(9)15(17)18/h5-7,14,16H,1-4H3. The summed E-state index contributed by atoms with van der Waals surface area (Å²) in [7, 11) is 0. The van der Waals surface area contributed by atoms with Crippen LogP contribution in [0.4, 0.5) is 11.4 Å². The van der Waals surface area contributed by atoms with Crippen LogP contribution in [0.3, 0.4) is 0 Å². The summed E-state index contributed by atoms with van der Waals surface area (Å²) in [5, 5.41) is 24.1. The van der Waals surface area contributed by atoms with E-state index in [0.29, 0.717) is 10.2 Å². The first-order valence-corrected chi connectivity index (χ1v) is 6.28. The Hall–Kier alpha value is -1.14. The predicted octanol–water partition coefficient (Wildman–Crippen LogP) is 3.32. The van der Waals surface area contributed by atoms with Gasteiger partial charge in [0.15, 0.2) is 0 Å². The second-order valence-electron chi connectivity index (χ2n) is 5.23. The normalized spacial score (nSPS) is 12.3. The van der Waals surface area contributed by atoms with Crippen molar-refractivity contribution in [3.63, 3.8) is 0 Å². The zero-order valence-corrected chi connectivity index (χ0v) is 12.4. The molecule has 0 amide bonds. The Bertz CT molecular complexity index is 467. The fourth-order valence-corrected chi connectivity index (χ4v) is 1.60. The third-order valence-electron chi connectivity index (χ3n) is 3.13. The maximum absolute atomic E-state index is 11.0. The molecule has 100 valence electrons. The van der Waals surface area contributed by atoms with Gasteiger partial charge in [0.05, 0.1) is 16.1 Å². The van der Waals surface area contributed by atoms with Gasteiger partial charge in [-0.3, -0.25) is 10.1 Å². The van der Waals surface area contributed by atoms with Crippen molar-refractivity contribution in [2.75, 3.05) is 5.32 Å². The predicted molar refractivity (Wildman–Crippen MR) is 74.8 cm³/mol. The summed E-state index contributed by atoms with van der Waals surface area (Å²) in [4.78, 5) is 10.5. The molecule has 5 nitrogen and oxygen atoms in total. The topological polar surface area (TPSA) is 75.4 Å². The molecule has 0 radical (unpaired) electrons. The van der Waals surface area contributed by atoms with Crippen LogP contribution in [-0.4, -0.2) is 21.2 Å². The van der Waals surface area contributed by atoms with Gasteiger partial charge in [-0.25, -0.2) is 0 Å². The summed E-state index contributed by atoms with van der Waals surface area (Å²) in [6.07, 6.45) is 0. The summed E-state index contributed by atoms with van der Waals surface area (Å²) in [5.74, 6) is 0. The highest BCUT2D eigenvalue weighted by molar-refractivity contribution is 9.10. The molecule has 0 aromatic heterocycles. The smallest absolute Gasteiger partial charge is 0.293 e. The average Bonchev–Trinajstić information content (AvgIpc) is 2.18. The van der Waals surface area contributed by atoms with Crippen LogP contribution in [-0.2, 0) is 0 Å². The van der Waals surface area contributed by atoms with Crippen molar-refractivity contribution in [1.29, 1.82) is 0 Å². The van der Waals surface area contributed by atoms with E-state index in [1.54, 1.807) is 39.8 Å². The van der Waals surface area contributed by atoms with Crippen LogP contribution >= 0.6 is 15.9 Å². The lowest BCUT2D eigenvalue weighted by atomic mass is 9.85. The molecule has 0 saturated heterocycles. The van der Waals surface area contributed by atoms with Gasteiger partial charge in [0, 0.05) is 10.5 Å². The van der Waals surface area contributed by atoms with E-state index in [9.17, 15) is 15.2 Å². The van der Waals surface area contributed by atoms with Crippen LogP contribution in [0, 0.1) is 10.1 Å². The molecule has 0 spiro atoms. The number of nitrogens with one attached hydrogen (secondary N) is 1. The van der Waals surface area contributed by atoms with Crippen LogP contribution in [0.1, 0.15) is 27.7 Å². The lowest BCUT2D eigenvalue weighted by Gasteiger charge is -2.38. The molecule has 2 N–H and O–H groups in total. The van der Waals surface area contributed by atoms with Gasteiger partial charge in [0.1, 0.15) is 5.69 Å². The van der Waals surface area contributed by atoms with Crippen molar-refractivity contribution in [3.05, 3.63) is 32.8 Å². The molecule has 1 rings (SSSR count). The van der Waals surface area contributed by atoms with Gasteiger partial charge in [-0.15, -0.1) is 0 Å². The van der Waals surface area contributed by atoms with E-state index in [1.807, 2.05) is 0 Å². The number of nitro benzene ring substituents is 1. The van der Waals surface area contributed by atoms with Gasteiger partial charge < -0.3 is 10.4 Å². The fraction of sp³-hybridized carbons (Fsp3) is 0.500. The van der Waals surface area contributed by atoms with E-state index in [0.717, 1.165) is 0 Å². The zero-order chi connectivity index (χ0) is 14.1. The largest absolute Gasteiger partial charge is 0.388 e. The van der Waals surface area contributed by atoms with Gasteiger partial charge in [0.25, 0.3) is 5.69 Å². The van der Waals surface area contributed by atoms with Crippen LogP contribution in [0.5, 0.6) is 0 Å². The molecule has 18 heavy (non-hydrogen) atoms. The summed E-state index contributed by atoms with van der Waals surface area (Å²) in [5.41, 5.74) is -1.36. The van der Waals surface area contributed by atoms with Crippen molar-refractivity contribution in [2.45, 2.75) is 38.8 Å². The highest BCUT2D eigenvalue weighted by Crippen LogP contribution is 2.33. The Morgan fingerprint density at radius 3 is 2.33 bits per heavy atom. The minimum atomic E-state index is -1.02. The molecule has 0 bridgehead atoms. The summed E-state index contributed by atoms with van der Waals surface area (Å²) >= 11 is 3.20. The molecule has 0 aliphatic rings. The highest BCUT2D eigenvalue weighted by atomic mass is 79.9. The molecule has 0 heterocycles. The van der Waals surface area contributed by atoms with E-state index in [2.05, 4.69) is 21.2 Å². The number of benzene rings is 1. The number of nitro groups is 1. The second kappa shape index (κ2) is 4.85. The molecule has 6 heteroatoms. The SMILES string of the molecule is CC(C)(O)C(C)(C)Nc1ccc(Br)cc1[N+](=O)[O-]. The molecule has 1 aromatic carbocycles. The van der Waals surface area contributed by atoms with Crippen molar-refractivity contribution in [3.8, 4) is 0 Å². The molecule has 0 unspecified atom stereocenters. The summed E-state index contributed by atoms with van der Waals surface area (Å²) in [6, 6.07) is 4.77. The Balaban J connectivity index is 3.16. The second-order valence-corrected chi connectivity index (χ2v) is 6.14. The van der Waals surface area contributed by atoms with Crippen molar-refractivity contribution in [1.82, 2.24) is 0 Å². The third-order valence-corrected chi connectivity index (χ3v) is 3.63. The number of halogens is 1. The Labute approximate surface area is 114 Å². The fourth-order valence-electron chi connectivity index (χ4n) is 1.25. The van der Waals surface area contributed by atoms with Gasteiger partial charge in [-0.05, 0) is 39.8 Å². The first-order valence-electron chi connectivity index (χ1n) is 5.49. The minimum absolute atomic E-state index is 0.0262. The first kappa shape index (κ1) is 14.9. The van der Waals surface area contributed by atoms with Crippen LogP contribution in [0.25, 0.3) is 0 Å². The Morgan fingerprint density at radius 2 is 1.89 bits per heavy atom. The van der Waals surface area contributed by atoms with E-state index in [1.165, 1.54) is 6.07 Å². The molecule has 1 aromatic rings. The monoisotopic (exact) mass is 316 g/mol. The Morgan fingerprint density at radius 1 is 1.33 bits per heavy atom. The molecule has 0 saturated carbocycles. The van der Waals surface area contributed by atoms with Crippen LogP contribution < -0.4 is 5.32 Å². The Kier molecular flexibility index (Phi) is 4.02. The number of hydrogen-bond donors (Lipinski definition) is 2.